The molecule has 0 saturated heterocycles. The Kier molecular flexibility index (Phi) is 3.99. The summed E-state index contributed by atoms with van der Waals surface area (Å²) in [7, 11) is 5.61. The standard InChI is InChI=1S/C19H22N2O2/c1-21(2)15-8-6-7-14(13-15)20-18(22)19(11-12-19)16-9-4-5-10-17(16)23-3/h4-10,13H,11-12H2,1-3H3,(H,20,22). The third kappa shape index (κ3) is 2.89. The van der Waals surface area contributed by atoms with Crippen LogP contribution in [0.15, 0.2) is 48.5 Å². The Morgan fingerprint density at radius 1 is 1.13 bits per heavy atom. The molecule has 0 aliphatic heterocycles. The van der Waals surface area contributed by atoms with Crippen LogP contribution in [-0.2, 0) is 10.2 Å². The van der Waals surface area contributed by atoms with Crippen molar-refractivity contribution >= 4 is 17.3 Å². The molecule has 1 fully saturated rings. The SMILES string of the molecule is COc1ccccc1C1(C(=O)Nc2cccc(N(C)C)c2)CC1. The third-order valence-corrected chi connectivity index (χ3v) is 4.43. The average Bonchev–Trinajstić information content (AvgIpc) is 3.37. The number of nitrogens with zero attached hydrogens (tertiary/aromatic N) is 1. The van der Waals surface area contributed by atoms with Crippen LogP contribution in [0.3, 0.4) is 0 Å². The maximum atomic E-state index is 12.9. The Morgan fingerprint density at radius 2 is 1.87 bits per heavy atom. The summed E-state index contributed by atoms with van der Waals surface area (Å²) in [5, 5.41) is 3.07. The summed E-state index contributed by atoms with van der Waals surface area (Å²) in [4.78, 5) is 14.9. The van der Waals surface area contributed by atoms with Gasteiger partial charge in [-0.3, -0.25) is 4.79 Å². The fourth-order valence-electron chi connectivity index (χ4n) is 2.90. The molecule has 120 valence electrons. The number of amides is 1. The first-order valence-corrected chi connectivity index (χ1v) is 7.79. The number of carbonyl (C=O) groups excluding carboxylic acids is 1. The topological polar surface area (TPSA) is 41.6 Å². The highest BCUT2D eigenvalue weighted by Crippen LogP contribution is 2.52. The maximum absolute atomic E-state index is 12.9. The van der Waals surface area contributed by atoms with Gasteiger partial charge in [0, 0.05) is 31.0 Å². The van der Waals surface area contributed by atoms with Gasteiger partial charge in [0.05, 0.1) is 12.5 Å². The Morgan fingerprint density at radius 3 is 2.52 bits per heavy atom. The van der Waals surface area contributed by atoms with E-state index in [4.69, 9.17) is 4.74 Å². The first-order chi connectivity index (χ1) is 11.1. The number of para-hydroxylation sites is 1. The summed E-state index contributed by atoms with van der Waals surface area (Å²) in [5.74, 6) is 0.820. The number of rotatable bonds is 5. The molecule has 4 heteroatoms. The molecule has 23 heavy (non-hydrogen) atoms. The highest BCUT2D eigenvalue weighted by molar-refractivity contribution is 6.02. The van der Waals surface area contributed by atoms with E-state index in [-0.39, 0.29) is 5.91 Å². The van der Waals surface area contributed by atoms with Crippen LogP contribution in [-0.4, -0.2) is 27.1 Å². The van der Waals surface area contributed by atoms with Crippen LogP contribution in [0, 0.1) is 0 Å². The normalized spacial score (nSPS) is 14.9. The van der Waals surface area contributed by atoms with Gasteiger partial charge < -0.3 is 15.0 Å². The molecule has 4 nitrogen and oxygen atoms in total. The van der Waals surface area contributed by atoms with E-state index in [0.29, 0.717) is 0 Å². The largest absolute Gasteiger partial charge is 0.496 e. The van der Waals surface area contributed by atoms with Gasteiger partial charge in [-0.05, 0) is 37.1 Å². The molecule has 1 aliphatic rings. The predicted molar refractivity (Wildman–Crippen MR) is 93.3 cm³/mol. The molecule has 0 unspecified atom stereocenters. The number of anilines is 2. The highest BCUT2D eigenvalue weighted by Gasteiger charge is 2.52. The average molecular weight is 310 g/mol. The van der Waals surface area contributed by atoms with Crippen LogP contribution >= 0.6 is 0 Å². The van der Waals surface area contributed by atoms with E-state index in [9.17, 15) is 4.79 Å². The van der Waals surface area contributed by atoms with Crippen molar-refractivity contribution in [3.8, 4) is 5.75 Å². The molecule has 2 aromatic carbocycles. The van der Waals surface area contributed by atoms with Gasteiger partial charge in [-0.15, -0.1) is 0 Å². The quantitative estimate of drug-likeness (QED) is 0.920. The lowest BCUT2D eigenvalue weighted by molar-refractivity contribution is -0.118. The summed E-state index contributed by atoms with van der Waals surface area (Å²) in [6, 6.07) is 15.7. The van der Waals surface area contributed by atoms with Crippen molar-refractivity contribution in [2.24, 2.45) is 0 Å². The molecular formula is C19H22N2O2. The Hall–Kier alpha value is -2.49. The molecule has 1 aliphatic carbocycles. The number of hydrogen-bond acceptors (Lipinski definition) is 3. The van der Waals surface area contributed by atoms with Crippen molar-refractivity contribution in [3.05, 3.63) is 54.1 Å². The van der Waals surface area contributed by atoms with Gasteiger partial charge in [-0.2, -0.15) is 0 Å². The first-order valence-electron chi connectivity index (χ1n) is 7.79. The molecule has 3 rings (SSSR count). The minimum Gasteiger partial charge on any atom is -0.496 e. The van der Waals surface area contributed by atoms with E-state index >= 15 is 0 Å². The summed E-state index contributed by atoms with van der Waals surface area (Å²) < 4.78 is 5.44. The first kappa shape index (κ1) is 15.4. The number of methoxy groups -OCH3 is 1. The molecule has 0 heterocycles. The van der Waals surface area contributed by atoms with E-state index in [2.05, 4.69) is 5.32 Å². The van der Waals surface area contributed by atoms with Crippen LogP contribution in [0.1, 0.15) is 18.4 Å². The zero-order chi connectivity index (χ0) is 16.4. The van der Waals surface area contributed by atoms with Crippen molar-refractivity contribution in [1.29, 1.82) is 0 Å². The Labute approximate surface area is 137 Å². The third-order valence-electron chi connectivity index (χ3n) is 4.43. The lowest BCUT2D eigenvalue weighted by atomic mass is 9.94. The van der Waals surface area contributed by atoms with Gasteiger partial charge in [0.25, 0.3) is 0 Å². The smallest absolute Gasteiger partial charge is 0.235 e. The molecule has 0 atom stereocenters. The van der Waals surface area contributed by atoms with Gasteiger partial charge in [-0.25, -0.2) is 0 Å². The van der Waals surface area contributed by atoms with Crippen LogP contribution in [0.5, 0.6) is 5.75 Å². The minimum absolute atomic E-state index is 0.0397. The van der Waals surface area contributed by atoms with Crippen molar-refractivity contribution < 1.29 is 9.53 Å². The molecular weight excluding hydrogens is 288 g/mol. The molecule has 0 aromatic heterocycles. The van der Waals surface area contributed by atoms with Crippen LogP contribution in [0.2, 0.25) is 0 Å². The van der Waals surface area contributed by atoms with E-state index < -0.39 is 5.41 Å². The molecule has 2 aromatic rings. The second-order valence-electron chi connectivity index (χ2n) is 6.18. The van der Waals surface area contributed by atoms with Crippen molar-refractivity contribution in [3.63, 3.8) is 0 Å². The Balaban J connectivity index is 1.84. The second-order valence-corrected chi connectivity index (χ2v) is 6.18. The van der Waals surface area contributed by atoms with Crippen LogP contribution < -0.4 is 15.0 Å². The molecule has 0 radical (unpaired) electrons. The fraction of sp³-hybridized carbons (Fsp3) is 0.316. The molecule has 1 amide bonds. The van der Waals surface area contributed by atoms with Crippen molar-refractivity contribution in [2.75, 3.05) is 31.4 Å². The Bertz CT molecular complexity index is 721. The number of nitrogens with one attached hydrogen (secondary N) is 1. The number of ether oxygens (including phenoxy) is 1. The molecule has 0 bridgehead atoms. The van der Waals surface area contributed by atoms with Gasteiger partial charge in [0.15, 0.2) is 0 Å². The molecule has 1 N–H and O–H groups in total. The summed E-state index contributed by atoms with van der Waals surface area (Å²) in [5.41, 5.74) is 2.40. The summed E-state index contributed by atoms with van der Waals surface area (Å²) >= 11 is 0. The number of benzene rings is 2. The van der Waals surface area contributed by atoms with E-state index in [0.717, 1.165) is 35.5 Å². The zero-order valence-electron chi connectivity index (χ0n) is 13.8. The zero-order valence-corrected chi connectivity index (χ0v) is 13.8. The van der Waals surface area contributed by atoms with Gasteiger partial charge in [0.2, 0.25) is 5.91 Å². The predicted octanol–water partition coefficient (Wildman–Crippen LogP) is 3.43. The van der Waals surface area contributed by atoms with Crippen molar-refractivity contribution in [2.45, 2.75) is 18.3 Å². The van der Waals surface area contributed by atoms with E-state index in [1.165, 1.54) is 0 Å². The second kappa shape index (κ2) is 5.95. The number of carbonyl (C=O) groups is 1. The summed E-state index contributed by atoms with van der Waals surface area (Å²) in [6.45, 7) is 0. The van der Waals surface area contributed by atoms with E-state index in [1.54, 1.807) is 7.11 Å². The fourth-order valence-corrected chi connectivity index (χ4v) is 2.90. The summed E-state index contributed by atoms with van der Waals surface area (Å²) in [6.07, 6.45) is 1.71. The lowest BCUT2D eigenvalue weighted by Gasteiger charge is -2.19. The molecule has 0 spiro atoms. The minimum atomic E-state index is -0.458. The monoisotopic (exact) mass is 310 g/mol. The van der Waals surface area contributed by atoms with Crippen molar-refractivity contribution in [1.82, 2.24) is 0 Å². The maximum Gasteiger partial charge on any atom is 0.235 e. The van der Waals surface area contributed by atoms with Crippen LogP contribution in [0.25, 0.3) is 0 Å². The molecule has 1 saturated carbocycles. The van der Waals surface area contributed by atoms with Gasteiger partial charge >= 0.3 is 0 Å². The number of hydrogen-bond donors (Lipinski definition) is 1. The lowest BCUT2D eigenvalue weighted by Crippen LogP contribution is -2.28. The van der Waals surface area contributed by atoms with Gasteiger partial charge in [-0.1, -0.05) is 24.3 Å². The van der Waals surface area contributed by atoms with Gasteiger partial charge in [0.1, 0.15) is 5.75 Å². The van der Waals surface area contributed by atoms with Crippen LogP contribution in [0.4, 0.5) is 11.4 Å². The highest BCUT2D eigenvalue weighted by atomic mass is 16.5. The van der Waals surface area contributed by atoms with E-state index in [1.807, 2.05) is 67.5 Å².